The Hall–Kier alpha value is -1.44. The Balaban J connectivity index is 3.45. The number of alkyl halides is 2. The van der Waals surface area contributed by atoms with Crippen LogP contribution in [-0.4, -0.2) is 16.2 Å². The average molecular weight is 281 g/mol. The molecule has 0 aromatic carbocycles. The van der Waals surface area contributed by atoms with Gasteiger partial charge in [-0.2, -0.15) is 0 Å². The average Bonchev–Trinajstić information content (AvgIpc) is 2.17. The lowest BCUT2D eigenvalue weighted by Crippen LogP contribution is -2.01. The lowest BCUT2D eigenvalue weighted by atomic mass is 10.2. The molecule has 5 nitrogen and oxygen atoms in total. The third kappa shape index (κ3) is 2.32. The molecule has 0 aliphatic rings. The van der Waals surface area contributed by atoms with Gasteiger partial charge in [-0.3, -0.25) is 14.9 Å². The summed E-state index contributed by atoms with van der Waals surface area (Å²) in [4.78, 5) is 23.3. The van der Waals surface area contributed by atoms with Crippen LogP contribution in [0, 0.1) is 10.1 Å². The van der Waals surface area contributed by atoms with E-state index in [9.17, 15) is 23.7 Å². The van der Waals surface area contributed by atoms with Crippen molar-refractivity contribution >= 4 is 27.9 Å². The minimum atomic E-state index is -2.96. The number of aromatic nitrogens is 1. The molecule has 0 saturated carbocycles. The number of pyridine rings is 1. The number of aldehydes is 1. The Morgan fingerprint density at radius 3 is 2.60 bits per heavy atom. The summed E-state index contributed by atoms with van der Waals surface area (Å²) >= 11 is 2.74. The Labute approximate surface area is 90.4 Å². The van der Waals surface area contributed by atoms with Gasteiger partial charge in [0, 0.05) is 6.07 Å². The number of halogens is 3. The molecule has 0 saturated heterocycles. The fourth-order valence-electron chi connectivity index (χ4n) is 0.878. The molecule has 0 unspecified atom stereocenters. The number of nitrogens with zero attached hydrogens (tertiary/aromatic N) is 2. The van der Waals surface area contributed by atoms with Crippen LogP contribution < -0.4 is 0 Å². The van der Waals surface area contributed by atoms with Crippen molar-refractivity contribution < 1.29 is 18.5 Å². The number of rotatable bonds is 3. The highest BCUT2D eigenvalue weighted by molar-refractivity contribution is 9.10. The Morgan fingerprint density at radius 1 is 1.60 bits per heavy atom. The van der Waals surface area contributed by atoms with E-state index in [1.165, 1.54) is 0 Å². The molecule has 1 aromatic rings. The quantitative estimate of drug-likeness (QED) is 0.484. The second kappa shape index (κ2) is 4.39. The van der Waals surface area contributed by atoms with Gasteiger partial charge < -0.3 is 0 Å². The van der Waals surface area contributed by atoms with E-state index in [2.05, 4.69) is 20.9 Å². The van der Waals surface area contributed by atoms with E-state index >= 15 is 0 Å². The standard InChI is InChI=1S/C7H3BrF2N2O3/c8-6-4(2-13)11-3(7(9)10)1-5(6)12(14)15/h1-2,7H. The first kappa shape index (κ1) is 11.6. The maximum Gasteiger partial charge on any atom is 0.287 e. The zero-order chi connectivity index (χ0) is 11.6. The molecule has 0 aliphatic heterocycles. The minimum absolute atomic E-state index is 0.170. The molecule has 0 bridgehead atoms. The van der Waals surface area contributed by atoms with E-state index in [4.69, 9.17) is 0 Å². The van der Waals surface area contributed by atoms with Gasteiger partial charge in [-0.25, -0.2) is 13.8 Å². The van der Waals surface area contributed by atoms with Gasteiger partial charge in [0.2, 0.25) is 0 Å². The third-order valence-corrected chi connectivity index (χ3v) is 2.33. The molecule has 1 aromatic heterocycles. The summed E-state index contributed by atoms with van der Waals surface area (Å²) in [5, 5.41) is 10.5. The van der Waals surface area contributed by atoms with E-state index in [0.717, 1.165) is 0 Å². The number of nitro groups is 1. The van der Waals surface area contributed by atoms with Crippen LogP contribution in [0.5, 0.6) is 0 Å². The van der Waals surface area contributed by atoms with Crippen LogP contribution in [0.1, 0.15) is 22.6 Å². The molecule has 1 heterocycles. The number of carbonyl (C=O) groups is 1. The summed E-state index contributed by atoms with van der Waals surface area (Å²) in [5.41, 5.74) is -1.83. The van der Waals surface area contributed by atoms with Crippen LogP contribution in [0.4, 0.5) is 14.5 Å². The maximum atomic E-state index is 12.2. The van der Waals surface area contributed by atoms with Crippen molar-refractivity contribution in [2.24, 2.45) is 0 Å². The van der Waals surface area contributed by atoms with Crippen molar-refractivity contribution in [2.45, 2.75) is 6.43 Å². The molecule has 0 fully saturated rings. The fraction of sp³-hybridized carbons (Fsp3) is 0.143. The summed E-state index contributed by atoms with van der Waals surface area (Å²) in [6.45, 7) is 0. The van der Waals surface area contributed by atoms with Crippen LogP contribution in [-0.2, 0) is 0 Å². The molecule has 0 radical (unpaired) electrons. The van der Waals surface area contributed by atoms with Gasteiger partial charge in [-0.05, 0) is 15.9 Å². The van der Waals surface area contributed by atoms with E-state index in [-0.39, 0.29) is 10.8 Å². The van der Waals surface area contributed by atoms with Crippen LogP contribution in [0.25, 0.3) is 0 Å². The van der Waals surface area contributed by atoms with Crippen LogP contribution in [0.15, 0.2) is 10.5 Å². The highest BCUT2D eigenvalue weighted by Gasteiger charge is 2.22. The second-order valence-electron chi connectivity index (χ2n) is 2.44. The second-order valence-corrected chi connectivity index (χ2v) is 3.23. The SMILES string of the molecule is O=Cc1nc(C(F)F)cc([N+](=O)[O-])c1Br. The van der Waals surface area contributed by atoms with E-state index in [1.54, 1.807) is 0 Å². The normalized spacial score (nSPS) is 10.4. The number of carbonyl (C=O) groups excluding carboxylic acids is 1. The van der Waals surface area contributed by atoms with Gasteiger partial charge >= 0.3 is 0 Å². The smallest absolute Gasteiger partial charge is 0.287 e. The van der Waals surface area contributed by atoms with Crippen molar-refractivity contribution in [2.75, 3.05) is 0 Å². The summed E-state index contributed by atoms with van der Waals surface area (Å²) < 4.78 is 24.3. The van der Waals surface area contributed by atoms with Crippen LogP contribution in [0.2, 0.25) is 0 Å². The molecule has 15 heavy (non-hydrogen) atoms. The van der Waals surface area contributed by atoms with Crippen molar-refractivity contribution in [3.8, 4) is 0 Å². The first-order valence-electron chi connectivity index (χ1n) is 3.55. The van der Waals surface area contributed by atoms with Crippen LogP contribution >= 0.6 is 15.9 Å². The molecular weight excluding hydrogens is 278 g/mol. The monoisotopic (exact) mass is 280 g/mol. The summed E-state index contributed by atoms with van der Waals surface area (Å²) in [7, 11) is 0. The van der Waals surface area contributed by atoms with Gasteiger partial charge in [-0.15, -0.1) is 0 Å². The van der Waals surface area contributed by atoms with Gasteiger partial charge in [0.15, 0.2) is 6.29 Å². The Kier molecular flexibility index (Phi) is 3.40. The zero-order valence-electron chi connectivity index (χ0n) is 6.99. The van der Waals surface area contributed by atoms with Gasteiger partial charge in [0.1, 0.15) is 15.9 Å². The highest BCUT2D eigenvalue weighted by atomic mass is 79.9. The predicted octanol–water partition coefficient (Wildman–Crippen LogP) is 2.50. The maximum absolute atomic E-state index is 12.2. The fourth-order valence-corrected chi connectivity index (χ4v) is 1.32. The van der Waals surface area contributed by atoms with Crippen molar-refractivity contribution in [3.63, 3.8) is 0 Å². The molecular formula is C7H3BrF2N2O3. The van der Waals surface area contributed by atoms with E-state index in [1.807, 2.05) is 0 Å². The van der Waals surface area contributed by atoms with Crippen molar-refractivity contribution in [1.82, 2.24) is 4.98 Å². The summed E-state index contributed by atoms with van der Waals surface area (Å²) in [6, 6.07) is 0.627. The lowest BCUT2D eigenvalue weighted by Gasteiger charge is -2.02. The molecule has 0 amide bonds. The third-order valence-electron chi connectivity index (χ3n) is 1.52. The first-order valence-corrected chi connectivity index (χ1v) is 4.34. The lowest BCUT2D eigenvalue weighted by molar-refractivity contribution is -0.385. The highest BCUT2D eigenvalue weighted by Crippen LogP contribution is 2.30. The van der Waals surface area contributed by atoms with Crippen LogP contribution in [0.3, 0.4) is 0 Å². The predicted molar refractivity (Wildman–Crippen MR) is 48.9 cm³/mol. The van der Waals surface area contributed by atoms with E-state index < -0.39 is 28.4 Å². The van der Waals surface area contributed by atoms with E-state index in [0.29, 0.717) is 6.07 Å². The molecule has 0 N–H and O–H groups in total. The number of hydrogen-bond acceptors (Lipinski definition) is 4. The minimum Gasteiger partial charge on any atom is -0.296 e. The summed E-state index contributed by atoms with van der Waals surface area (Å²) in [5.74, 6) is 0. The van der Waals surface area contributed by atoms with Crippen molar-refractivity contribution in [3.05, 3.63) is 32.0 Å². The molecule has 8 heteroatoms. The summed E-state index contributed by atoms with van der Waals surface area (Å²) in [6.07, 6.45) is -2.79. The molecule has 1 rings (SSSR count). The van der Waals surface area contributed by atoms with Crippen molar-refractivity contribution in [1.29, 1.82) is 0 Å². The Morgan fingerprint density at radius 2 is 2.20 bits per heavy atom. The first-order chi connectivity index (χ1) is 6.97. The number of hydrogen-bond donors (Lipinski definition) is 0. The molecule has 80 valence electrons. The zero-order valence-corrected chi connectivity index (χ0v) is 8.57. The molecule has 0 aliphatic carbocycles. The Bertz CT molecular complexity index is 425. The topological polar surface area (TPSA) is 73.1 Å². The largest absolute Gasteiger partial charge is 0.296 e. The van der Waals surface area contributed by atoms with Gasteiger partial charge in [-0.1, -0.05) is 0 Å². The molecule has 0 atom stereocenters. The molecule has 0 spiro atoms. The van der Waals surface area contributed by atoms with Gasteiger partial charge in [0.05, 0.1) is 4.92 Å². The van der Waals surface area contributed by atoms with Gasteiger partial charge in [0.25, 0.3) is 12.1 Å².